The van der Waals surface area contributed by atoms with Crippen molar-refractivity contribution in [1.29, 1.82) is 0 Å². The lowest BCUT2D eigenvalue weighted by Gasteiger charge is -2.34. The summed E-state index contributed by atoms with van der Waals surface area (Å²) in [6, 6.07) is 21.6. The molecule has 4 amide bonds. The number of imidazole rings is 1. The fourth-order valence-corrected chi connectivity index (χ4v) is 7.85. The minimum Gasteiger partial charge on any atom is -0.384 e. The van der Waals surface area contributed by atoms with Crippen LogP contribution in [0.25, 0.3) is 33.8 Å². The number of anilines is 3. The van der Waals surface area contributed by atoms with Crippen LogP contribution in [0.15, 0.2) is 77.6 Å². The third-order valence-corrected chi connectivity index (χ3v) is 11.4. The molecule has 8 rings (SSSR count). The Kier molecular flexibility index (Phi) is 11.8. The van der Waals surface area contributed by atoms with Gasteiger partial charge in [-0.3, -0.25) is 19.8 Å². The standard InChI is InChI=1S/C45H52N12O4/c1-27-24-31(8-15-35(27)28(2)50-41(59)42-54-43(55-61-42)45(3,4)5)37-38-40(49-26-48-37)53-39(52-38)30-6-9-32(10-7-30)47-20-19-46-25-29-16-21-56(22-17-29)33-11-13-34(14-12-33)57-23-18-36(58)51-44(57)60/h6-15,24,26,28-29,46-47H,16-23,25H2,1-5H3,(H,50,59)(H,51,58,60)(H,48,49,52,53)/t28-/m1/s1. The first-order valence-electron chi connectivity index (χ1n) is 20.9. The van der Waals surface area contributed by atoms with E-state index in [4.69, 9.17) is 9.51 Å². The second-order valence-corrected chi connectivity index (χ2v) is 16.9. The normalized spacial score (nSPS) is 15.6. The smallest absolute Gasteiger partial charge is 0.328 e. The van der Waals surface area contributed by atoms with Gasteiger partial charge < -0.3 is 30.4 Å². The molecule has 2 aliphatic heterocycles. The van der Waals surface area contributed by atoms with Crippen molar-refractivity contribution in [3.8, 4) is 22.6 Å². The molecular weight excluding hydrogens is 773 g/mol. The molecule has 3 aromatic heterocycles. The van der Waals surface area contributed by atoms with Gasteiger partial charge in [-0.15, -0.1) is 0 Å². The van der Waals surface area contributed by atoms with Gasteiger partial charge in [-0.25, -0.2) is 19.7 Å². The quantitative estimate of drug-likeness (QED) is 0.0791. The third kappa shape index (κ3) is 9.39. The van der Waals surface area contributed by atoms with E-state index in [1.54, 1.807) is 4.90 Å². The number of aromatic nitrogens is 6. The van der Waals surface area contributed by atoms with Crippen molar-refractivity contribution in [2.24, 2.45) is 5.92 Å². The highest BCUT2D eigenvalue weighted by molar-refractivity contribution is 6.05. The minimum absolute atomic E-state index is 0.0570. The molecule has 5 N–H and O–H groups in total. The van der Waals surface area contributed by atoms with E-state index in [9.17, 15) is 14.4 Å². The number of hydrogen-bond donors (Lipinski definition) is 5. The molecule has 0 bridgehead atoms. The lowest BCUT2D eigenvalue weighted by molar-refractivity contribution is -0.120. The molecule has 0 unspecified atom stereocenters. The van der Waals surface area contributed by atoms with Crippen molar-refractivity contribution in [3.63, 3.8) is 0 Å². The monoisotopic (exact) mass is 824 g/mol. The van der Waals surface area contributed by atoms with E-state index < -0.39 is 5.91 Å². The van der Waals surface area contributed by atoms with E-state index in [-0.39, 0.29) is 29.3 Å². The molecule has 16 heteroatoms. The summed E-state index contributed by atoms with van der Waals surface area (Å²) in [7, 11) is 0. The zero-order valence-electron chi connectivity index (χ0n) is 35.2. The highest BCUT2D eigenvalue weighted by atomic mass is 16.5. The van der Waals surface area contributed by atoms with Crippen LogP contribution in [0.3, 0.4) is 0 Å². The first-order valence-corrected chi connectivity index (χ1v) is 20.9. The number of carbonyl (C=O) groups excluding carboxylic acids is 3. The Bertz CT molecular complexity index is 2520. The van der Waals surface area contributed by atoms with Gasteiger partial charge in [-0.1, -0.05) is 38.1 Å². The number of hydrogen-bond acceptors (Lipinski definition) is 12. The van der Waals surface area contributed by atoms with Gasteiger partial charge in [-0.2, -0.15) is 4.98 Å². The number of piperidine rings is 1. The van der Waals surface area contributed by atoms with Gasteiger partial charge >= 0.3 is 17.8 Å². The number of fused-ring (bicyclic) bond motifs is 1. The number of urea groups is 1. The van der Waals surface area contributed by atoms with Crippen LogP contribution in [-0.2, 0) is 10.2 Å². The highest BCUT2D eigenvalue weighted by Gasteiger charge is 2.27. The minimum atomic E-state index is -0.420. The summed E-state index contributed by atoms with van der Waals surface area (Å²) in [6.07, 6.45) is 4.08. The number of nitrogens with zero attached hydrogens (tertiary/aromatic N) is 7. The number of aromatic amines is 1. The van der Waals surface area contributed by atoms with Gasteiger partial charge in [0.05, 0.1) is 11.7 Å². The molecular formula is C45H52N12O4. The van der Waals surface area contributed by atoms with Crippen molar-refractivity contribution in [2.75, 3.05) is 54.4 Å². The van der Waals surface area contributed by atoms with Crippen molar-refractivity contribution in [1.82, 2.24) is 46.0 Å². The molecule has 0 radical (unpaired) electrons. The predicted octanol–water partition coefficient (Wildman–Crippen LogP) is 6.53. The van der Waals surface area contributed by atoms with E-state index >= 15 is 0 Å². The molecule has 0 aliphatic carbocycles. The lowest BCUT2D eigenvalue weighted by Crippen LogP contribution is -2.49. The molecule has 6 aromatic rings. The van der Waals surface area contributed by atoms with Crippen molar-refractivity contribution < 1.29 is 18.9 Å². The summed E-state index contributed by atoms with van der Waals surface area (Å²) in [5.41, 5.74) is 8.52. The average Bonchev–Trinajstić information content (AvgIpc) is 3.94. The van der Waals surface area contributed by atoms with Crippen LogP contribution in [0.2, 0.25) is 0 Å². The summed E-state index contributed by atoms with van der Waals surface area (Å²) in [5.74, 6) is 1.11. The van der Waals surface area contributed by atoms with Crippen LogP contribution in [0.1, 0.15) is 80.6 Å². The summed E-state index contributed by atoms with van der Waals surface area (Å²) in [4.78, 5) is 62.2. The Morgan fingerprint density at radius 3 is 2.36 bits per heavy atom. The fraction of sp³-hybridized carbons (Fsp3) is 0.378. The summed E-state index contributed by atoms with van der Waals surface area (Å²) in [5, 5.41) is 16.5. The van der Waals surface area contributed by atoms with Gasteiger partial charge in [0.15, 0.2) is 11.5 Å². The first kappa shape index (κ1) is 41.1. The number of rotatable bonds is 13. The van der Waals surface area contributed by atoms with Crippen LogP contribution in [0.4, 0.5) is 21.9 Å². The van der Waals surface area contributed by atoms with Gasteiger partial charge in [0.25, 0.3) is 0 Å². The van der Waals surface area contributed by atoms with Crippen LogP contribution >= 0.6 is 0 Å². The van der Waals surface area contributed by atoms with E-state index in [0.29, 0.717) is 36.2 Å². The Hall–Kier alpha value is -6.68. The van der Waals surface area contributed by atoms with Crippen LogP contribution in [0, 0.1) is 12.8 Å². The summed E-state index contributed by atoms with van der Waals surface area (Å²) in [6.45, 7) is 14.8. The van der Waals surface area contributed by atoms with Crippen LogP contribution in [0.5, 0.6) is 0 Å². The Balaban J connectivity index is 0.796. The molecule has 2 aliphatic rings. The number of aryl methyl sites for hydroxylation is 1. The number of carbonyl (C=O) groups is 3. The molecule has 16 nitrogen and oxygen atoms in total. The van der Waals surface area contributed by atoms with E-state index in [2.05, 4.69) is 81.6 Å². The zero-order chi connectivity index (χ0) is 42.7. The molecule has 3 aromatic carbocycles. The molecule has 1 atom stereocenters. The third-order valence-electron chi connectivity index (χ3n) is 11.4. The average molecular weight is 825 g/mol. The first-order chi connectivity index (χ1) is 29.4. The Morgan fingerprint density at radius 2 is 1.66 bits per heavy atom. The SMILES string of the molecule is Cc1cc(-c2ncnc3nc(-c4ccc(NCCNCC5CCN(c6ccc(N7CCC(=O)NC7=O)cc6)CC5)cc4)[nH]c23)ccc1[C@@H](C)NC(=O)c1nc(C(C)(C)C)no1. The number of nitrogens with one attached hydrogen (secondary N) is 5. The van der Waals surface area contributed by atoms with Crippen molar-refractivity contribution >= 4 is 46.1 Å². The number of benzene rings is 3. The van der Waals surface area contributed by atoms with E-state index in [0.717, 1.165) is 96.1 Å². The molecule has 316 valence electrons. The number of imide groups is 1. The van der Waals surface area contributed by atoms with Gasteiger partial charge in [0.1, 0.15) is 17.7 Å². The lowest BCUT2D eigenvalue weighted by atomic mass is 9.96. The number of amides is 4. The van der Waals surface area contributed by atoms with Crippen molar-refractivity contribution in [2.45, 2.75) is 65.3 Å². The Labute approximate surface area is 354 Å². The molecule has 0 saturated carbocycles. The maximum absolute atomic E-state index is 12.9. The second kappa shape index (κ2) is 17.5. The largest absolute Gasteiger partial charge is 0.384 e. The van der Waals surface area contributed by atoms with Crippen LogP contribution in [-0.4, -0.2) is 87.2 Å². The molecule has 0 spiro atoms. The topological polar surface area (TPSA) is 199 Å². The highest BCUT2D eigenvalue weighted by Crippen LogP contribution is 2.31. The van der Waals surface area contributed by atoms with E-state index in [1.165, 1.54) is 6.33 Å². The van der Waals surface area contributed by atoms with E-state index in [1.807, 2.05) is 71.0 Å². The summed E-state index contributed by atoms with van der Waals surface area (Å²) < 4.78 is 5.23. The maximum Gasteiger partial charge on any atom is 0.328 e. The second-order valence-electron chi connectivity index (χ2n) is 16.9. The fourth-order valence-electron chi connectivity index (χ4n) is 7.85. The number of H-pyrrole nitrogens is 1. The van der Waals surface area contributed by atoms with Crippen molar-refractivity contribution in [3.05, 3.63) is 95.9 Å². The van der Waals surface area contributed by atoms with Gasteiger partial charge in [0.2, 0.25) is 5.91 Å². The molecule has 61 heavy (non-hydrogen) atoms. The molecule has 5 heterocycles. The molecule has 2 fully saturated rings. The maximum atomic E-state index is 12.9. The van der Waals surface area contributed by atoms with Crippen LogP contribution < -0.4 is 31.1 Å². The Morgan fingerprint density at radius 1 is 0.918 bits per heavy atom. The predicted molar refractivity (Wildman–Crippen MR) is 234 cm³/mol. The summed E-state index contributed by atoms with van der Waals surface area (Å²) >= 11 is 0. The zero-order valence-corrected chi connectivity index (χ0v) is 35.2. The van der Waals surface area contributed by atoms with Gasteiger partial charge in [0, 0.05) is 72.7 Å². The molecule has 2 saturated heterocycles. The van der Waals surface area contributed by atoms with Gasteiger partial charge in [-0.05, 0) is 105 Å².